The average Bonchev–Trinajstić information content (AvgIpc) is 2.89. The molecule has 0 aromatic carbocycles. The number of hydrogen-bond acceptors (Lipinski definition) is 6. The van der Waals surface area contributed by atoms with E-state index in [9.17, 15) is 18.0 Å². The zero-order valence-corrected chi connectivity index (χ0v) is 18.3. The summed E-state index contributed by atoms with van der Waals surface area (Å²) in [4.78, 5) is 23.7. The Balaban J connectivity index is 2.55. The molecule has 0 aliphatic heterocycles. The quantitative estimate of drug-likeness (QED) is 0.690. The first-order valence-corrected chi connectivity index (χ1v) is 10.7. The molecule has 2 aliphatic rings. The maximum absolute atomic E-state index is 13.2. The number of aryl methyl sites for hydroxylation is 2. The Morgan fingerprint density at radius 2 is 1.69 bits per heavy atom. The van der Waals surface area contributed by atoms with Crippen molar-refractivity contribution in [3.05, 3.63) is 41.0 Å². The molecule has 1 N–H and O–H groups in total. The minimum atomic E-state index is -4.12. The molecule has 0 aromatic heterocycles. The van der Waals surface area contributed by atoms with Crippen LogP contribution in [0.2, 0.25) is 0 Å². The highest BCUT2D eigenvalue weighted by molar-refractivity contribution is 7.89. The van der Waals surface area contributed by atoms with E-state index < -0.39 is 34.4 Å². The standard InChI is InChI=1S/C21H27NO6S/c1-12(2)15-8-7-13(3)20-16(10-15)14(4)9-18(20)29(25,26)22-17(21(24)28-6)11-19(23)27-5/h7-10,12,17,22H,11H2,1-6H3. The van der Waals surface area contributed by atoms with Gasteiger partial charge in [0.2, 0.25) is 10.0 Å². The summed E-state index contributed by atoms with van der Waals surface area (Å²) < 4.78 is 37.8. The van der Waals surface area contributed by atoms with Gasteiger partial charge in [0, 0.05) is 5.56 Å². The van der Waals surface area contributed by atoms with Gasteiger partial charge in [0.1, 0.15) is 6.04 Å². The molecule has 29 heavy (non-hydrogen) atoms. The van der Waals surface area contributed by atoms with Crippen LogP contribution in [0.15, 0.2) is 29.2 Å². The Kier molecular flexibility index (Phi) is 7.02. The smallest absolute Gasteiger partial charge is 0.324 e. The van der Waals surface area contributed by atoms with Gasteiger partial charge in [0.15, 0.2) is 0 Å². The van der Waals surface area contributed by atoms with Crippen molar-refractivity contribution in [3.8, 4) is 11.1 Å². The normalized spacial score (nSPS) is 12.8. The second-order valence-electron chi connectivity index (χ2n) is 7.27. The lowest BCUT2D eigenvalue weighted by molar-refractivity contribution is -0.149. The summed E-state index contributed by atoms with van der Waals surface area (Å²) in [7, 11) is -1.83. The molecule has 0 fully saturated rings. The van der Waals surface area contributed by atoms with E-state index in [2.05, 4.69) is 28.0 Å². The van der Waals surface area contributed by atoms with Crippen molar-refractivity contribution in [3.63, 3.8) is 0 Å². The van der Waals surface area contributed by atoms with Crippen LogP contribution in [0.5, 0.6) is 0 Å². The molecule has 0 amide bonds. The molecule has 2 rings (SSSR count). The van der Waals surface area contributed by atoms with Crippen LogP contribution in [0.1, 0.15) is 42.9 Å². The van der Waals surface area contributed by atoms with Gasteiger partial charge in [-0.25, -0.2) is 8.42 Å². The van der Waals surface area contributed by atoms with E-state index >= 15 is 0 Å². The molecule has 0 spiro atoms. The summed E-state index contributed by atoms with van der Waals surface area (Å²) in [6.45, 7) is 7.83. The van der Waals surface area contributed by atoms with Crippen LogP contribution in [-0.2, 0) is 29.1 Å². The van der Waals surface area contributed by atoms with Crippen LogP contribution in [0.4, 0.5) is 0 Å². The molecule has 0 heterocycles. The molecule has 0 bridgehead atoms. The van der Waals surface area contributed by atoms with E-state index in [1.807, 2.05) is 32.0 Å². The monoisotopic (exact) mass is 421 g/mol. The second-order valence-corrected chi connectivity index (χ2v) is 8.96. The number of nitrogens with one attached hydrogen (secondary N) is 1. The summed E-state index contributed by atoms with van der Waals surface area (Å²) in [6, 6.07) is 6.07. The Labute approximate surface area is 171 Å². The molecule has 0 saturated carbocycles. The van der Waals surface area contributed by atoms with Crippen LogP contribution in [0, 0.1) is 13.8 Å². The fourth-order valence-corrected chi connectivity index (χ4v) is 4.73. The zero-order valence-electron chi connectivity index (χ0n) is 17.5. The molecule has 8 heteroatoms. The lowest BCUT2D eigenvalue weighted by atomic mass is 10.0. The van der Waals surface area contributed by atoms with E-state index in [-0.39, 0.29) is 10.8 Å². The summed E-state index contributed by atoms with van der Waals surface area (Å²) >= 11 is 0. The maximum Gasteiger partial charge on any atom is 0.324 e. The number of carbonyl (C=O) groups excluding carboxylic acids is 2. The topological polar surface area (TPSA) is 98.8 Å². The van der Waals surface area contributed by atoms with E-state index in [0.29, 0.717) is 5.56 Å². The number of methoxy groups -OCH3 is 2. The van der Waals surface area contributed by atoms with Crippen molar-refractivity contribution in [2.75, 3.05) is 14.2 Å². The Bertz CT molecular complexity index is 997. The molecular formula is C21H27NO6S. The van der Waals surface area contributed by atoms with Crippen molar-refractivity contribution >= 4 is 22.0 Å². The first-order valence-electron chi connectivity index (χ1n) is 9.22. The molecule has 2 aliphatic carbocycles. The fraction of sp³-hybridized carbons (Fsp3) is 0.429. The number of esters is 2. The SMILES string of the molecule is COC(=O)CC(NS(=O)(=O)c1cc(C)c2cc(C(C)C)ccc(C)c1-2)C(=O)OC. The predicted octanol–water partition coefficient (Wildman–Crippen LogP) is 2.91. The van der Waals surface area contributed by atoms with Crippen molar-refractivity contribution in [1.29, 1.82) is 0 Å². The maximum atomic E-state index is 13.2. The van der Waals surface area contributed by atoms with Gasteiger partial charge in [0.05, 0.1) is 25.5 Å². The third kappa shape index (κ3) is 4.94. The summed E-state index contributed by atoms with van der Waals surface area (Å²) in [5, 5.41) is 0. The molecule has 1 atom stereocenters. The van der Waals surface area contributed by atoms with E-state index in [1.165, 1.54) is 0 Å². The van der Waals surface area contributed by atoms with Gasteiger partial charge < -0.3 is 9.47 Å². The van der Waals surface area contributed by atoms with Gasteiger partial charge in [-0.1, -0.05) is 32.0 Å². The van der Waals surface area contributed by atoms with Gasteiger partial charge in [0.25, 0.3) is 0 Å². The largest absolute Gasteiger partial charge is 0.469 e. The van der Waals surface area contributed by atoms with Gasteiger partial charge in [-0.15, -0.1) is 0 Å². The number of carbonyl (C=O) groups is 2. The fourth-order valence-electron chi connectivity index (χ4n) is 3.18. The van der Waals surface area contributed by atoms with Gasteiger partial charge in [-0.05, 0) is 48.1 Å². The number of fused-ring (bicyclic) bond motifs is 1. The molecule has 158 valence electrons. The molecule has 1 unspecified atom stereocenters. The number of hydrogen-bond donors (Lipinski definition) is 1. The Morgan fingerprint density at radius 1 is 1.03 bits per heavy atom. The Hall–Kier alpha value is -2.45. The number of ether oxygens (including phenoxy) is 2. The first-order chi connectivity index (χ1) is 13.5. The highest BCUT2D eigenvalue weighted by atomic mass is 32.2. The average molecular weight is 422 g/mol. The summed E-state index contributed by atoms with van der Waals surface area (Å²) in [5.41, 5.74) is 4.11. The Morgan fingerprint density at radius 3 is 2.24 bits per heavy atom. The first kappa shape index (κ1) is 22.8. The highest BCUT2D eigenvalue weighted by Gasteiger charge is 2.32. The summed E-state index contributed by atoms with van der Waals surface area (Å²) in [5.74, 6) is -1.31. The molecular weight excluding hydrogens is 394 g/mol. The van der Waals surface area contributed by atoms with Crippen LogP contribution in [-0.4, -0.2) is 40.6 Å². The van der Waals surface area contributed by atoms with Crippen molar-refractivity contribution in [2.45, 2.75) is 51.0 Å². The van der Waals surface area contributed by atoms with Gasteiger partial charge >= 0.3 is 11.9 Å². The van der Waals surface area contributed by atoms with Gasteiger partial charge in [-0.3, -0.25) is 9.59 Å². The number of rotatable bonds is 7. The van der Waals surface area contributed by atoms with E-state index in [0.717, 1.165) is 36.5 Å². The van der Waals surface area contributed by atoms with Crippen molar-refractivity contribution in [1.82, 2.24) is 4.72 Å². The minimum absolute atomic E-state index is 0.0622. The third-order valence-corrected chi connectivity index (χ3v) is 6.35. The molecule has 7 nitrogen and oxygen atoms in total. The van der Waals surface area contributed by atoms with Crippen LogP contribution >= 0.6 is 0 Å². The summed E-state index contributed by atoms with van der Waals surface area (Å²) in [6.07, 6.45) is -0.468. The third-order valence-electron chi connectivity index (χ3n) is 4.86. The van der Waals surface area contributed by atoms with Gasteiger partial charge in [-0.2, -0.15) is 4.72 Å². The number of sulfonamides is 1. The molecule has 0 radical (unpaired) electrons. The van der Waals surface area contributed by atoms with Crippen LogP contribution in [0.25, 0.3) is 11.1 Å². The predicted molar refractivity (Wildman–Crippen MR) is 109 cm³/mol. The van der Waals surface area contributed by atoms with E-state index in [4.69, 9.17) is 0 Å². The molecule has 0 aromatic rings. The van der Waals surface area contributed by atoms with Crippen molar-refractivity contribution < 1.29 is 27.5 Å². The van der Waals surface area contributed by atoms with E-state index in [1.54, 1.807) is 6.07 Å². The van der Waals surface area contributed by atoms with Crippen LogP contribution < -0.4 is 4.72 Å². The van der Waals surface area contributed by atoms with Crippen LogP contribution in [0.3, 0.4) is 0 Å². The lowest BCUT2D eigenvalue weighted by Crippen LogP contribution is -2.43. The zero-order chi connectivity index (χ0) is 21.9. The molecule has 0 saturated heterocycles. The second kappa shape index (κ2) is 8.92. The lowest BCUT2D eigenvalue weighted by Gasteiger charge is -2.16. The highest BCUT2D eigenvalue weighted by Crippen LogP contribution is 2.38. The minimum Gasteiger partial charge on any atom is -0.469 e. The van der Waals surface area contributed by atoms with Crippen molar-refractivity contribution in [2.24, 2.45) is 0 Å².